The molecule has 0 spiro atoms. The first-order chi connectivity index (χ1) is 16.3. The summed E-state index contributed by atoms with van der Waals surface area (Å²) in [6.07, 6.45) is 1.08. The van der Waals surface area contributed by atoms with E-state index in [0.29, 0.717) is 5.56 Å². The van der Waals surface area contributed by atoms with E-state index in [0.717, 1.165) is 21.7 Å². The molecule has 0 bridgehead atoms. The molecule has 3 aromatic rings. The van der Waals surface area contributed by atoms with Crippen LogP contribution in [0.1, 0.15) is 22.7 Å². The van der Waals surface area contributed by atoms with Gasteiger partial charge in [-0.25, -0.2) is 8.42 Å². The highest BCUT2D eigenvalue weighted by Crippen LogP contribution is 2.24. The lowest BCUT2D eigenvalue weighted by Gasteiger charge is -2.33. The van der Waals surface area contributed by atoms with Crippen molar-refractivity contribution in [1.82, 2.24) is 14.5 Å². The zero-order valence-corrected chi connectivity index (χ0v) is 20.1. The summed E-state index contributed by atoms with van der Waals surface area (Å²) >= 11 is 0. The standard InChI is InChI=1S/C26H29N3O4S/c1-27-26(31)25(23-16-10-5-11-17-23)29(19-22-14-8-4-9-15-22)24(30)20-28(34(2,32)33)18-21-12-6-3-7-13-21/h3-17,25H,18-20H2,1-2H3,(H,27,31)/t25-/m1/s1. The van der Waals surface area contributed by atoms with Crippen LogP contribution in [0, 0.1) is 0 Å². The summed E-state index contributed by atoms with van der Waals surface area (Å²) in [6.45, 7) is -0.183. The molecule has 8 heteroatoms. The van der Waals surface area contributed by atoms with E-state index in [4.69, 9.17) is 0 Å². The Hall–Kier alpha value is -3.49. The van der Waals surface area contributed by atoms with Crippen LogP contribution in [0.4, 0.5) is 0 Å². The maximum absolute atomic E-state index is 13.7. The van der Waals surface area contributed by atoms with Crippen molar-refractivity contribution in [1.29, 1.82) is 0 Å². The molecule has 0 aliphatic carbocycles. The fourth-order valence-corrected chi connectivity index (χ4v) is 4.40. The van der Waals surface area contributed by atoms with E-state index in [2.05, 4.69) is 5.32 Å². The molecule has 7 nitrogen and oxygen atoms in total. The Morgan fingerprint density at radius 1 is 0.794 bits per heavy atom. The average Bonchev–Trinajstić information content (AvgIpc) is 2.84. The van der Waals surface area contributed by atoms with Crippen molar-refractivity contribution in [2.24, 2.45) is 0 Å². The third-order valence-electron chi connectivity index (χ3n) is 5.42. The SMILES string of the molecule is CNC(=O)[C@@H](c1ccccc1)N(Cc1ccccc1)C(=O)CN(Cc1ccccc1)S(C)(=O)=O. The third-order valence-corrected chi connectivity index (χ3v) is 6.62. The van der Waals surface area contributed by atoms with Gasteiger partial charge in [0, 0.05) is 20.1 Å². The highest BCUT2D eigenvalue weighted by Gasteiger charge is 2.33. The van der Waals surface area contributed by atoms with Crippen LogP contribution < -0.4 is 5.32 Å². The molecule has 0 aromatic heterocycles. The molecule has 0 saturated heterocycles. The average molecular weight is 480 g/mol. The summed E-state index contributed by atoms with van der Waals surface area (Å²) in [5.74, 6) is -0.827. The van der Waals surface area contributed by atoms with E-state index in [9.17, 15) is 18.0 Å². The molecular formula is C26H29N3O4S. The molecule has 0 aliphatic rings. The first kappa shape index (κ1) is 25.1. The molecule has 0 heterocycles. The second kappa shape index (κ2) is 11.6. The quantitative estimate of drug-likeness (QED) is 0.484. The number of benzene rings is 3. The zero-order valence-electron chi connectivity index (χ0n) is 19.3. The molecule has 1 N–H and O–H groups in total. The number of likely N-dealkylation sites (N-methyl/N-ethyl adjacent to an activating group) is 1. The van der Waals surface area contributed by atoms with E-state index < -0.39 is 22.0 Å². The molecule has 0 radical (unpaired) electrons. The van der Waals surface area contributed by atoms with Crippen molar-refractivity contribution >= 4 is 21.8 Å². The summed E-state index contributed by atoms with van der Waals surface area (Å²) in [5.41, 5.74) is 2.23. The number of sulfonamides is 1. The van der Waals surface area contributed by atoms with Crippen LogP contribution in [0.15, 0.2) is 91.0 Å². The summed E-state index contributed by atoms with van der Waals surface area (Å²) in [7, 11) is -2.18. The minimum absolute atomic E-state index is 0.0561. The molecular weight excluding hydrogens is 450 g/mol. The Labute approximate surface area is 201 Å². The van der Waals surface area contributed by atoms with Gasteiger partial charge in [-0.1, -0.05) is 91.0 Å². The molecule has 0 saturated carbocycles. The van der Waals surface area contributed by atoms with Gasteiger partial charge in [-0.2, -0.15) is 4.31 Å². The van der Waals surface area contributed by atoms with Crippen LogP contribution >= 0.6 is 0 Å². The molecule has 0 fully saturated rings. The first-order valence-corrected chi connectivity index (χ1v) is 12.7. The molecule has 1 atom stereocenters. The monoisotopic (exact) mass is 479 g/mol. The van der Waals surface area contributed by atoms with E-state index in [1.807, 2.05) is 66.7 Å². The molecule has 2 amide bonds. The lowest BCUT2D eigenvalue weighted by molar-refractivity contribution is -0.141. The number of hydrogen-bond donors (Lipinski definition) is 1. The number of nitrogens with one attached hydrogen (secondary N) is 1. The van der Waals surface area contributed by atoms with Crippen molar-refractivity contribution in [3.05, 3.63) is 108 Å². The van der Waals surface area contributed by atoms with Gasteiger partial charge in [-0.05, 0) is 16.7 Å². The van der Waals surface area contributed by atoms with Gasteiger partial charge in [-0.15, -0.1) is 0 Å². The van der Waals surface area contributed by atoms with Gasteiger partial charge in [0.1, 0.15) is 6.04 Å². The van der Waals surface area contributed by atoms with E-state index in [1.54, 1.807) is 24.3 Å². The van der Waals surface area contributed by atoms with Crippen molar-refractivity contribution in [2.75, 3.05) is 19.8 Å². The smallest absolute Gasteiger partial charge is 0.247 e. The predicted octanol–water partition coefficient (Wildman–Crippen LogP) is 2.96. The maximum atomic E-state index is 13.7. The van der Waals surface area contributed by atoms with Crippen molar-refractivity contribution in [3.63, 3.8) is 0 Å². The molecule has 3 rings (SSSR count). The van der Waals surface area contributed by atoms with Gasteiger partial charge in [-0.3, -0.25) is 9.59 Å². The minimum atomic E-state index is -3.70. The van der Waals surface area contributed by atoms with E-state index in [-0.39, 0.29) is 25.5 Å². The van der Waals surface area contributed by atoms with Crippen molar-refractivity contribution < 1.29 is 18.0 Å². The van der Waals surface area contributed by atoms with E-state index >= 15 is 0 Å². The highest BCUT2D eigenvalue weighted by atomic mass is 32.2. The fourth-order valence-electron chi connectivity index (χ4n) is 3.67. The topological polar surface area (TPSA) is 86.8 Å². The Morgan fingerprint density at radius 2 is 1.26 bits per heavy atom. The second-order valence-corrected chi connectivity index (χ2v) is 9.93. The molecule has 0 aliphatic heterocycles. The van der Waals surface area contributed by atoms with Crippen LogP contribution in [-0.2, 0) is 32.7 Å². The Bertz CT molecular complexity index is 1190. The van der Waals surface area contributed by atoms with Crippen LogP contribution in [0.3, 0.4) is 0 Å². The molecule has 178 valence electrons. The first-order valence-electron chi connectivity index (χ1n) is 10.9. The minimum Gasteiger partial charge on any atom is -0.357 e. The molecule has 3 aromatic carbocycles. The van der Waals surface area contributed by atoms with Crippen LogP contribution in [0.5, 0.6) is 0 Å². The van der Waals surface area contributed by atoms with E-state index in [1.165, 1.54) is 11.9 Å². The normalized spacial score (nSPS) is 12.2. The van der Waals surface area contributed by atoms with Crippen LogP contribution in [0.25, 0.3) is 0 Å². The van der Waals surface area contributed by atoms with Crippen molar-refractivity contribution in [3.8, 4) is 0 Å². The van der Waals surface area contributed by atoms with Gasteiger partial charge in [0.2, 0.25) is 21.8 Å². The zero-order chi connectivity index (χ0) is 24.6. The largest absolute Gasteiger partial charge is 0.357 e. The summed E-state index contributed by atoms with van der Waals surface area (Å²) in [5, 5.41) is 2.64. The molecule has 34 heavy (non-hydrogen) atoms. The van der Waals surface area contributed by atoms with Gasteiger partial charge in [0.25, 0.3) is 0 Å². The Kier molecular flexibility index (Phi) is 8.56. The fraction of sp³-hybridized carbons (Fsp3) is 0.231. The number of amides is 2. The van der Waals surface area contributed by atoms with Gasteiger partial charge >= 0.3 is 0 Å². The number of carbonyl (C=O) groups excluding carboxylic acids is 2. The Balaban J connectivity index is 1.98. The number of rotatable bonds is 10. The number of nitrogens with zero attached hydrogens (tertiary/aromatic N) is 2. The second-order valence-electron chi connectivity index (χ2n) is 7.95. The lowest BCUT2D eigenvalue weighted by Crippen LogP contribution is -2.47. The summed E-state index contributed by atoms with van der Waals surface area (Å²) < 4.78 is 26.2. The third kappa shape index (κ3) is 6.76. The van der Waals surface area contributed by atoms with Crippen LogP contribution in [0.2, 0.25) is 0 Å². The number of hydrogen-bond acceptors (Lipinski definition) is 4. The predicted molar refractivity (Wildman–Crippen MR) is 132 cm³/mol. The van der Waals surface area contributed by atoms with Crippen LogP contribution in [-0.4, -0.2) is 49.3 Å². The highest BCUT2D eigenvalue weighted by molar-refractivity contribution is 7.88. The lowest BCUT2D eigenvalue weighted by atomic mass is 10.0. The number of carbonyl (C=O) groups is 2. The Morgan fingerprint density at radius 3 is 1.74 bits per heavy atom. The summed E-state index contributed by atoms with van der Waals surface area (Å²) in [4.78, 5) is 28.1. The summed E-state index contributed by atoms with van der Waals surface area (Å²) in [6, 6.07) is 26.5. The van der Waals surface area contributed by atoms with Crippen molar-refractivity contribution in [2.45, 2.75) is 19.1 Å². The maximum Gasteiger partial charge on any atom is 0.247 e. The van der Waals surface area contributed by atoms with Gasteiger partial charge in [0.15, 0.2) is 0 Å². The van der Waals surface area contributed by atoms with Gasteiger partial charge < -0.3 is 10.2 Å². The molecule has 0 unspecified atom stereocenters. The van der Waals surface area contributed by atoms with Gasteiger partial charge in [0.05, 0.1) is 12.8 Å².